The third-order valence-electron chi connectivity index (χ3n) is 4.53. The van der Waals surface area contributed by atoms with E-state index < -0.39 is 11.5 Å². The summed E-state index contributed by atoms with van der Waals surface area (Å²) in [5, 5.41) is 12.9. The number of rotatable bonds is 5. The third kappa shape index (κ3) is 3.66. The van der Waals surface area contributed by atoms with Crippen molar-refractivity contribution in [3.8, 4) is 0 Å². The molecule has 0 bridgehead atoms. The van der Waals surface area contributed by atoms with Gasteiger partial charge in [0.2, 0.25) is 0 Å². The lowest BCUT2D eigenvalue weighted by Crippen LogP contribution is -2.45. The lowest BCUT2D eigenvalue weighted by atomic mass is 10.0. The number of aliphatic hydroxyl groups is 1. The van der Waals surface area contributed by atoms with E-state index in [-0.39, 0.29) is 18.2 Å². The molecule has 3 rings (SSSR count). The van der Waals surface area contributed by atoms with Gasteiger partial charge in [-0.15, -0.1) is 0 Å². The van der Waals surface area contributed by atoms with E-state index in [0.29, 0.717) is 18.7 Å². The monoisotopic (exact) mass is 330 g/mol. The first-order chi connectivity index (χ1) is 11.7. The predicted octanol–water partition coefficient (Wildman–Crippen LogP) is 1.37. The Morgan fingerprint density at radius 1 is 1.33 bits per heavy atom. The maximum Gasteiger partial charge on any atom is 0.349 e. The van der Waals surface area contributed by atoms with Crippen LogP contribution in [0.1, 0.15) is 29.6 Å². The van der Waals surface area contributed by atoms with E-state index in [1.54, 1.807) is 24.3 Å². The van der Waals surface area contributed by atoms with Gasteiger partial charge in [-0.2, -0.15) is 0 Å². The van der Waals surface area contributed by atoms with Gasteiger partial charge in [-0.1, -0.05) is 24.6 Å². The molecule has 1 aliphatic rings. The van der Waals surface area contributed by atoms with Gasteiger partial charge in [0, 0.05) is 24.5 Å². The Labute approximate surface area is 140 Å². The van der Waals surface area contributed by atoms with E-state index in [1.165, 1.54) is 0 Å². The molecule has 1 aromatic heterocycles. The van der Waals surface area contributed by atoms with Gasteiger partial charge in [0.1, 0.15) is 11.1 Å². The molecule has 1 fully saturated rings. The predicted molar refractivity (Wildman–Crippen MR) is 91.1 cm³/mol. The molecule has 2 N–H and O–H groups in total. The second-order valence-corrected chi connectivity index (χ2v) is 6.11. The molecule has 24 heavy (non-hydrogen) atoms. The molecule has 1 aliphatic heterocycles. The Kier molecular flexibility index (Phi) is 5.27. The van der Waals surface area contributed by atoms with Crippen LogP contribution in [0.3, 0.4) is 0 Å². The fourth-order valence-corrected chi connectivity index (χ4v) is 3.19. The van der Waals surface area contributed by atoms with Crippen molar-refractivity contribution in [1.29, 1.82) is 0 Å². The summed E-state index contributed by atoms with van der Waals surface area (Å²) in [5.41, 5.74) is -0.137. The van der Waals surface area contributed by atoms with Crippen LogP contribution in [-0.4, -0.2) is 48.2 Å². The number of carbonyl (C=O) groups is 1. The zero-order valence-electron chi connectivity index (χ0n) is 13.5. The summed E-state index contributed by atoms with van der Waals surface area (Å²) < 4.78 is 5.18. The molecule has 6 nitrogen and oxygen atoms in total. The minimum Gasteiger partial charge on any atom is -0.422 e. The van der Waals surface area contributed by atoms with Gasteiger partial charge in [0.05, 0.1) is 6.61 Å². The zero-order chi connectivity index (χ0) is 16.9. The summed E-state index contributed by atoms with van der Waals surface area (Å²) in [6.45, 7) is 2.17. The minimum absolute atomic E-state index is 0.0195. The largest absolute Gasteiger partial charge is 0.422 e. The Balaban J connectivity index is 1.63. The van der Waals surface area contributed by atoms with E-state index in [0.717, 1.165) is 31.2 Å². The first kappa shape index (κ1) is 16.7. The highest BCUT2D eigenvalue weighted by Gasteiger charge is 2.21. The number of aliphatic hydroxyl groups excluding tert-OH is 1. The summed E-state index contributed by atoms with van der Waals surface area (Å²) >= 11 is 0. The highest BCUT2D eigenvalue weighted by molar-refractivity contribution is 5.96. The van der Waals surface area contributed by atoms with Crippen molar-refractivity contribution >= 4 is 16.9 Å². The van der Waals surface area contributed by atoms with Crippen molar-refractivity contribution in [2.24, 2.45) is 0 Å². The molecular weight excluding hydrogens is 308 g/mol. The smallest absolute Gasteiger partial charge is 0.349 e. The number of fused-ring (bicyclic) bond motifs is 1. The molecule has 1 aromatic carbocycles. The fraction of sp³-hybridized carbons (Fsp3) is 0.444. The van der Waals surface area contributed by atoms with Gasteiger partial charge >= 0.3 is 5.63 Å². The van der Waals surface area contributed by atoms with E-state index in [1.807, 2.05) is 6.07 Å². The molecule has 2 aromatic rings. The van der Waals surface area contributed by atoms with E-state index in [4.69, 9.17) is 4.42 Å². The second-order valence-electron chi connectivity index (χ2n) is 6.11. The number of likely N-dealkylation sites (tertiary alicyclic amines) is 1. The first-order valence-corrected chi connectivity index (χ1v) is 8.35. The molecule has 1 atom stereocenters. The van der Waals surface area contributed by atoms with Crippen molar-refractivity contribution in [2.45, 2.75) is 25.3 Å². The number of benzene rings is 1. The number of hydrogen-bond donors (Lipinski definition) is 2. The average Bonchev–Trinajstić information content (AvgIpc) is 2.61. The van der Waals surface area contributed by atoms with E-state index in [9.17, 15) is 14.7 Å². The van der Waals surface area contributed by atoms with Crippen LogP contribution < -0.4 is 10.9 Å². The van der Waals surface area contributed by atoms with Crippen LogP contribution in [0.25, 0.3) is 11.0 Å². The lowest BCUT2D eigenvalue weighted by Gasteiger charge is -2.34. The van der Waals surface area contributed by atoms with Crippen molar-refractivity contribution in [1.82, 2.24) is 10.2 Å². The minimum atomic E-state index is -0.627. The molecule has 1 saturated heterocycles. The van der Waals surface area contributed by atoms with Gasteiger partial charge < -0.3 is 14.8 Å². The normalized spacial score (nSPS) is 18.6. The van der Waals surface area contributed by atoms with Crippen molar-refractivity contribution in [3.63, 3.8) is 0 Å². The summed E-state index contributed by atoms with van der Waals surface area (Å²) in [6.07, 6.45) is 3.23. The number of carbonyl (C=O) groups excluding carboxylic acids is 1. The molecule has 0 spiro atoms. The molecule has 0 radical (unpaired) electrons. The van der Waals surface area contributed by atoms with Crippen LogP contribution in [-0.2, 0) is 0 Å². The molecule has 128 valence electrons. The summed E-state index contributed by atoms with van der Waals surface area (Å²) in [6, 6.07) is 8.84. The van der Waals surface area contributed by atoms with Crippen molar-refractivity contribution in [3.05, 3.63) is 46.3 Å². The number of nitrogens with one attached hydrogen (secondary N) is 1. The van der Waals surface area contributed by atoms with Crippen LogP contribution >= 0.6 is 0 Å². The quantitative estimate of drug-likeness (QED) is 0.809. The molecule has 0 aliphatic carbocycles. The Morgan fingerprint density at radius 2 is 2.17 bits per heavy atom. The maximum atomic E-state index is 12.3. The first-order valence-electron chi connectivity index (χ1n) is 8.35. The van der Waals surface area contributed by atoms with Crippen LogP contribution in [0.5, 0.6) is 0 Å². The Hall–Kier alpha value is -2.18. The third-order valence-corrected chi connectivity index (χ3v) is 4.53. The molecule has 2 heterocycles. The number of piperidine rings is 1. The molecule has 1 unspecified atom stereocenters. The Bertz CT molecular complexity index is 771. The van der Waals surface area contributed by atoms with Gasteiger partial charge in [-0.25, -0.2) is 4.79 Å². The van der Waals surface area contributed by atoms with Crippen LogP contribution in [0.15, 0.2) is 39.5 Å². The van der Waals surface area contributed by atoms with Gasteiger partial charge in [-0.05, 0) is 31.5 Å². The highest BCUT2D eigenvalue weighted by Crippen LogP contribution is 2.16. The van der Waals surface area contributed by atoms with Gasteiger partial charge in [0.15, 0.2) is 0 Å². The number of hydrogen-bond acceptors (Lipinski definition) is 5. The Morgan fingerprint density at radius 3 is 3.00 bits per heavy atom. The standard InChI is InChI=1S/C18H22N2O4/c21-12-14-6-3-4-9-20(14)10-8-19-17(22)15-11-13-5-1-2-7-16(13)24-18(15)23/h1-2,5,7,11,14,21H,3-4,6,8-10,12H2,(H,19,22). The maximum absolute atomic E-state index is 12.3. The summed E-state index contributed by atoms with van der Waals surface area (Å²) in [5.74, 6) is -0.424. The molecule has 0 saturated carbocycles. The highest BCUT2D eigenvalue weighted by atomic mass is 16.4. The lowest BCUT2D eigenvalue weighted by molar-refractivity contribution is 0.0847. The van der Waals surface area contributed by atoms with Crippen molar-refractivity contribution < 1.29 is 14.3 Å². The molecule has 6 heteroatoms. The number of amides is 1. The van der Waals surface area contributed by atoms with E-state index >= 15 is 0 Å². The fourth-order valence-electron chi connectivity index (χ4n) is 3.19. The number of para-hydroxylation sites is 1. The zero-order valence-corrected chi connectivity index (χ0v) is 13.5. The summed E-state index contributed by atoms with van der Waals surface area (Å²) in [4.78, 5) is 26.4. The van der Waals surface area contributed by atoms with Crippen molar-refractivity contribution in [2.75, 3.05) is 26.2 Å². The van der Waals surface area contributed by atoms with E-state index in [2.05, 4.69) is 10.2 Å². The number of nitrogens with zero attached hydrogens (tertiary/aromatic N) is 1. The second kappa shape index (κ2) is 7.59. The van der Waals surface area contributed by atoms with Crippen LogP contribution in [0.2, 0.25) is 0 Å². The van der Waals surface area contributed by atoms with Crippen LogP contribution in [0.4, 0.5) is 0 Å². The van der Waals surface area contributed by atoms with Gasteiger partial charge in [0.25, 0.3) is 5.91 Å². The van der Waals surface area contributed by atoms with Gasteiger partial charge in [-0.3, -0.25) is 9.69 Å². The van der Waals surface area contributed by atoms with Crippen LogP contribution in [0, 0.1) is 0 Å². The molecule has 1 amide bonds. The topological polar surface area (TPSA) is 82.8 Å². The SMILES string of the molecule is O=C(NCCN1CCCCC1CO)c1cc2ccccc2oc1=O. The summed E-state index contributed by atoms with van der Waals surface area (Å²) in [7, 11) is 0. The average molecular weight is 330 g/mol. The molecular formula is C18H22N2O4.